The molecule has 124 valence electrons. The summed E-state index contributed by atoms with van der Waals surface area (Å²) in [4.78, 5) is 18.8. The van der Waals surface area contributed by atoms with Crippen molar-refractivity contribution in [2.24, 2.45) is 11.7 Å². The standard InChI is InChI=1S/C16H16FN5OS/c17-12-5-3-10(4-6-12)13-9-22-15(19-13)24-16(20-22)21-7-1-2-11(8-21)14(18)23/h3-6,9,11H,1-2,7-8H2,(H2,18,23). The van der Waals surface area contributed by atoms with Gasteiger partial charge in [-0.3, -0.25) is 4.79 Å². The minimum atomic E-state index is -0.269. The van der Waals surface area contributed by atoms with Crippen LogP contribution < -0.4 is 10.6 Å². The van der Waals surface area contributed by atoms with Gasteiger partial charge in [0.05, 0.1) is 17.8 Å². The van der Waals surface area contributed by atoms with Gasteiger partial charge in [0.2, 0.25) is 16.0 Å². The van der Waals surface area contributed by atoms with E-state index in [1.165, 1.54) is 23.5 Å². The van der Waals surface area contributed by atoms with Gasteiger partial charge in [0.15, 0.2) is 0 Å². The van der Waals surface area contributed by atoms with Crippen LogP contribution in [0.15, 0.2) is 30.5 Å². The highest BCUT2D eigenvalue weighted by Crippen LogP contribution is 2.29. The number of aromatic nitrogens is 3. The fourth-order valence-corrected chi connectivity index (χ4v) is 3.88. The molecule has 1 saturated heterocycles. The molecule has 1 fully saturated rings. The average molecular weight is 345 g/mol. The highest BCUT2D eigenvalue weighted by atomic mass is 32.1. The van der Waals surface area contributed by atoms with E-state index in [9.17, 15) is 9.18 Å². The van der Waals surface area contributed by atoms with Crippen molar-refractivity contribution < 1.29 is 9.18 Å². The molecule has 2 N–H and O–H groups in total. The lowest BCUT2D eigenvalue weighted by Crippen LogP contribution is -2.41. The molecule has 1 unspecified atom stereocenters. The van der Waals surface area contributed by atoms with E-state index in [-0.39, 0.29) is 17.6 Å². The minimum Gasteiger partial charge on any atom is -0.369 e. The van der Waals surface area contributed by atoms with Crippen LogP contribution in [0, 0.1) is 11.7 Å². The van der Waals surface area contributed by atoms with E-state index in [0.717, 1.165) is 40.7 Å². The number of imidazole rings is 1. The Morgan fingerprint density at radius 2 is 2.12 bits per heavy atom. The fraction of sp³-hybridized carbons (Fsp3) is 0.312. The molecule has 2 aromatic heterocycles. The number of amides is 1. The van der Waals surface area contributed by atoms with Crippen LogP contribution in [0.3, 0.4) is 0 Å². The van der Waals surface area contributed by atoms with Gasteiger partial charge in [-0.1, -0.05) is 11.3 Å². The van der Waals surface area contributed by atoms with Crippen LogP contribution in [0.4, 0.5) is 9.52 Å². The molecule has 24 heavy (non-hydrogen) atoms. The first kappa shape index (κ1) is 15.1. The van der Waals surface area contributed by atoms with Crippen molar-refractivity contribution >= 4 is 27.3 Å². The molecule has 1 amide bonds. The molecule has 1 aliphatic rings. The molecule has 0 aliphatic carbocycles. The van der Waals surface area contributed by atoms with Crippen molar-refractivity contribution in [2.75, 3.05) is 18.0 Å². The Kier molecular flexibility index (Phi) is 3.68. The quantitative estimate of drug-likeness (QED) is 0.790. The molecule has 4 rings (SSSR count). The van der Waals surface area contributed by atoms with Crippen molar-refractivity contribution in [3.63, 3.8) is 0 Å². The molecule has 3 heterocycles. The smallest absolute Gasteiger partial charge is 0.222 e. The predicted molar refractivity (Wildman–Crippen MR) is 90.4 cm³/mol. The van der Waals surface area contributed by atoms with Crippen LogP contribution >= 0.6 is 11.3 Å². The minimum absolute atomic E-state index is 0.121. The van der Waals surface area contributed by atoms with E-state index in [0.29, 0.717) is 6.54 Å². The van der Waals surface area contributed by atoms with Crippen molar-refractivity contribution in [2.45, 2.75) is 12.8 Å². The number of benzene rings is 1. The molecule has 8 heteroatoms. The Labute approximate surface area is 141 Å². The number of carbonyl (C=O) groups excluding carboxylic acids is 1. The monoisotopic (exact) mass is 345 g/mol. The van der Waals surface area contributed by atoms with Gasteiger partial charge in [0, 0.05) is 18.7 Å². The Balaban J connectivity index is 1.59. The molecule has 1 aromatic carbocycles. The molecular weight excluding hydrogens is 329 g/mol. The van der Waals surface area contributed by atoms with Crippen LogP contribution in [0.1, 0.15) is 12.8 Å². The maximum atomic E-state index is 13.0. The number of anilines is 1. The number of rotatable bonds is 3. The number of piperidine rings is 1. The Bertz CT molecular complexity index is 856. The summed E-state index contributed by atoms with van der Waals surface area (Å²) < 4.78 is 14.7. The van der Waals surface area contributed by atoms with E-state index < -0.39 is 0 Å². The van der Waals surface area contributed by atoms with Crippen molar-refractivity contribution in [3.8, 4) is 11.3 Å². The summed E-state index contributed by atoms with van der Waals surface area (Å²) in [7, 11) is 0. The molecular formula is C16H16FN5OS. The number of hydrogen-bond acceptors (Lipinski definition) is 5. The lowest BCUT2D eigenvalue weighted by atomic mass is 9.98. The van der Waals surface area contributed by atoms with E-state index >= 15 is 0 Å². The van der Waals surface area contributed by atoms with Crippen LogP contribution in [-0.4, -0.2) is 33.6 Å². The third kappa shape index (κ3) is 2.73. The summed E-state index contributed by atoms with van der Waals surface area (Å²) in [5.74, 6) is -0.640. The van der Waals surface area contributed by atoms with Crippen LogP contribution in [-0.2, 0) is 4.79 Å². The van der Waals surface area contributed by atoms with E-state index in [1.807, 2.05) is 6.20 Å². The lowest BCUT2D eigenvalue weighted by Gasteiger charge is -2.30. The molecule has 0 bridgehead atoms. The fourth-order valence-electron chi connectivity index (χ4n) is 2.96. The number of hydrogen-bond donors (Lipinski definition) is 1. The van der Waals surface area contributed by atoms with Gasteiger partial charge in [-0.2, -0.15) is 0 Å². The number of fused-ring (bicyclic) bond motifs is 1. The highest BCUT2D eigenvalue weighted by Gasteiger charge is 2.26. The summed E-state index contributed by atoms with van der Waals surface area (Å²) in [6.45, 7) is 1.47. The van der Waals surface area contributed by atoms with Gasteiger partial charge < -0.3 is 10.6 Å². The number of primary amides is 1. The molecule has 1 aliphatic heterocycles. The zero-order chi connectivity index (χ0) is 16.7. The third-order valence-electron chi connectivity index (χ3n) is 4.27. The Morgan fingerprint density at radius 3 is 2.83 bits per heavy atom. The Morgan fingerprint density at radius 1 is 1.33 bits per heavy atom. The van der Waals surface area contributed by atoms with E-state index in [4.69, 9.17) is 5.73 Å². The molecule has 6 nitrogen and oxygen atoms in total. The summed E-state index contributed by atoms with van der Waals surface area (Å²) in [6.07, 6.45) is 3.59. The lowest BCUT2D eigenvalue weighted by molar-refractivity contribution is -0.122. The second-order valence-electron chi connectivity index (χ2n) is 5.93. The molecule has 3 aromatic rings. The molecule has 0 radical (unpaired) electrons. The van der Waals surface area contributed by atoms with Crippen molar-refractivity contribution in [1.82, 2.24) is 14.6 Å². The van der Waals surface area contributed by atoms with Gasteiger partial charge in [0.1, 0.15) is 5.82 Å². The van der Waals surface area contributed by atoms with Gasteiger partial charge in [-0.05, 0) is 37.1 Å². The average Bonchev–Trinajstić information content (AvgIpc) is 3.14. The van der Waals surface area contributed by atoms with Crippen molar-refractivity contribution in [3.05, 3.63) is 36.3 Å². The van der Waals surface area contributed by atoms with Crippen molar-refractivity contribution in [1.29, 1.82) is 0 Å². The number of halogens is 1. The number of carbonyl (C=O) groups is 1. The zero-order valence-corrected chi connectivity index (χ0v) is 13.7. The van der Waals surface area contributed by atoms with Gasteiger partial charge >= 0.3 is 0 Å². The molecule has 1 atom stereocenters. The SMILES string of the molecule is NC(=O)C1CCCN(c2nn3cc(-c4ccc(F)cc4)nc3s2)C1. The topological polar surface area (TPSA) is 76.5 Å². The largest absolute Gasteiger partial charge is 0.369 e. The van der Waals surface area contributed by atoms with Crippen LogP contribution in [0.2, 0.25) is 0 Å². The maximum Gasteiger partial charge on any atom is 0.222 e. The number of nitrogens with zero attached hydrogens (tertiary/aromatic N) is 4. The molecule has 0 spiro atoms. The number of nitrogens with two attached hydrogens (primary N) is 1. The summed E-state index contributed by atoms with van der Waals surface area (Å²) in [5.41, 5.74) is 7.04. The van der Waals surface area contributed by atoms with Crippen LogP contribution in [0.25, 0.3) is 16.2 Å². The summed E-state index contributed by atoms with van der Waals surface area (Å²) in [5, 5.41) is 5.41. The highest BCUT2D eigenvalue weighted by molar-refractivity contribution is 7.20. The van der Waals surface area contributed by atoms with Gasteiger partial charge in [-0.15, -0.1) is 5.10 Å². The third-order valence-corrected chi connectivity index (χ3v) is 5.25. The van der Waals surface area contributed by atoms with Crippen LogP contribution in [0.5, 0.6) is 0 Å². The first-order valence-corrected chi connectivity index (χ1v) is 8.58. The summed E-state index contributed by atoms with van der Waals surface area (Å²) >= 11 is 1.48. The second-order valence-corrected chi connectivity index (χ2v) is 6.87. The maximum absolute atomic E-state index is 13.0. The van der Waals surface area contributed by atoms with E-state index in [2.05, 4.69) is 15.0 Å². The van der Waals surface area contributed by atoms with Gasteiger partial charge in [-0.25, -0.2) is 13.9 Å². The summed E-state index contributed by atoms with van der Waals surface area (Å²) in [6, 6.07) is 6.23. The normalized spacial score (nSPS) is 18.2. The van der Waals surface area contributed by atoms with E-state index in [1.54, 1.807) is 16.6 Å². The Hall–Kier alpha value is -2.48. The van der Waals surface area contributed by atoms with Gasteiger partial charge in [0.25, 0.3) is 0 Å². The predicted octanol–water partition coefficient (Wildman–Crippen LogP) is 2.30. The molecule has 0 saturated carbocycles. The second kappa shape index (κ2) is 5.86. The first-order chi connectivity index (χ1) is 11.6. The first-order valence-electron chi connectivity index (χ1n) is 7.76. The zero-order valence-electron chi connectivity index (χ0n) is 12.9.